The number of benzene rings is 1. The number of H-pyrrole nitrogens is 1. The van der Waals surface area contributed by atoms with E-state index in [0.29, 0.717) is 36.7 Å². The molecular formula is C29H37N5O4. The number of aryl methyl sites for hydroxylation is 1. The number of rotatable bonds is 6. The van der Waals surface area contributed by atoms with Crippen molar-refractivity contribution in [1.82, 2.24) is 25.2 Å². The Labute approximate surface area is 223 Å². The topological polar surface area (TPSA) is 101 Å². The zero-order valence-corrected chi connectivity index (χ0v) is 21.9. The van der Waals surface area contributed by atoms with E-state index >= 15 is 0 Å². The largest absolute Gasteiger partial charge is 0.493 e. The number of amides is 2. The number of hydrogen-bond acceptors (Lipinski definition) is 6. The Hall–Kier alpha value is -2.94. The fraction of sp³-hybridized carbons (Fsp3) is 0.655. The SMILES string of the molecule is O=C(c1cc(OCC2CCOCC2)cc(C2CC2)c1)N1CC2CN(C(=O)C3CCc4n[nH]nc4C3)CC2C1. The van der Waals surface area contributed by atoms with Crippen LogP contribution in [0.5, 0.6) is 5.75 Å². The van der Waals surface area contributed by atoms with Crippen molar-refractivity contribution >= 4 is 11.8 Å². The van der Waals surface area contributed by atoms with E-state index in [-0.39, 0.29) is 17.7 Å². The van der Waals surface area contributed by atoms with Gasteiger partial charge in [-0.15, -0.1) is 0 Å². The molecule has 9 nitrogen and oxygen atoms in total. The van der Waals surface area contributed by atoms with Crippen LogP contribution in [0.4, 0.5) is 0 Å². The van der Waals surface area contributed by atoms with Gasteiger partial charge in [0.05, 0.1) is 18.0 Å². The minimum absolute atomic E-state index is 0.00566. The molecule has 4 heterocycles. The van der Waals surface area contributed by atoms with Crippen LogP contribution in [-0.4, -0.2) is 83.0 Å². The van der Waals surface area contributed by atoms with Crippen molar-refractivity contribution in [3.8, 4) is 5.75 Å². The Bertz CT molecular complexity index is 1190. The lowest BCUT2D eigenvalue weighted by atomic mass is 9.89. The molecule has 9 heteroatoms. The van der Waals surface area contributed by atoms with Crippen LogP contribution in [0.2, 0.25) is 0 Å². The zero-order valence-electron chi connectivity index (χ0n) is 21.9. The highest BCUT2D eigenvalue weighted by Crippen LogP contribution is 2.42. The summed E-state index contributed by atoms with van der Waals surface area (Å²) in [4.78, 5) is 31.0. The highest BCUT2D eigenvalue weighted by molar-refractivity contribution is 5.95. The molecule has 38 heavy (non-hydrogen) atoms. The third kappa shape index (κ3) is 4.81. The van der Waals surface area contributed by atoms with Gasteiger partial charge in [-0.3, -0.25) is 9.59 Å². The number of carbonyl (C=O) groups is 2. The van der Waals surface area contributed by atoms with Gasteiger partial charge >= 0.3 is 0 Å². The molecule has 1 saturated carbocycles. The molecule has 1 aromatic heterocycles. The molecule has 3 atom stereocenters. The summed E-state index contributed by atoms with van der Waals surface area (Å²) in [7, 11) is 0. The predicted molar refractivity (Wildman–Crippen MR) is 139 cm³/mol. The van der Waals surface area contributed by atoms with Gasteiger partial charge in [0, 0.05) is 69.1 Å². The number of aromatic amines is 1. The molecule has 2 aromatic rings. The standard InChI is InChI=1S/C29H37N5O4/c35-28(20-3-4-26-27(12-20)31-32-30-26)33-13-23-15-34(16-24(23)14-33)29(36)22-9-21(19-1-2-19)10-25(11-22)38-17-18-5-7-37-8-6-18/h9-11,18-20,23-24H,1-8,12-17H2,(H,30,31,32). The summed E-state index contributed by atoms with van der Waals surface area (Å²) < 4.78 is 11.7. The molecule has 1 N–H and O–H groups in total. The maximum atomic E-state index is 13.6. The van der Waals surface area contributed by atoms with Crippen molar-refractivity contribution in [2.24, 2.45) is 23.7 Å². The lowest BCUT2D eigenvalue weighted by Crippen LogP contribution is -2.40. The molecule has 3 saturated heterocycles. The number of fused-ring (bicyclic) bond motifs is 2. The average molecular weight is 520 g/mol. The van der Waals surface area contributed by atoms with Gasteiger partial charge < -0.3 is 19.3 Å². The predicted octanol–water partition coefficient (Wildman–Crippen LogP) is 2.82. The summed E-state index contributed by atoms with van der Waals surface area (Å²) in [6.07, 6.45) is 6.77. The smallest absolute Gasteiger partial charge is 0.254 e. The molecule has 0 spiro atoms. The van der Waals surface area contributed by atoms with Gasteiger partial charge in [0.1, 0.15) is 5.75 Å². The Morgan fingerprint density at radius 2 is 1.66 bits per heavy atom. The minimum atomic E-state index is -0.00566. The second kappa shape index (κ2) is 9.98. The third-order valence-corrected chi connectivity index (χ3v) is 9.36. The van der Waals surface area contributed by atoms with Crippen LogP contribution in [0.1, 0.15) is 65.3 Å². The summed E-state index contributed by atoms with van der Waals surface area (Å²) in [6.45, 7) is 5.23. The minimum Gasteiger partial charge on any atom is -0.493 e. The average Bonchev–Trinajstić information content (AvgIpc) is 3.37. The lowest BCUT2D eigenvalue weighted by Gasteiger charge is -2.27. The Morgan fingerprint density at radius 1 is 0.921 bits per heavy atom. The number of aromatic nitrogens is 3. The van der Waals surface area contributed by atoms with E-state index in [1.165, 1.54) is 18.4 Å². The third-order valence-electron chi connectivity index (χ3n) is 9.36. The van der Waals surface area contributed by atoms with Crippen LogP contribution in [-0.2, 0) is 22.4 Å². The molecule has 1 aromatic carbocycles. The van der Waals surface area contributed by atoms with Crippen LogP contribution >= 0.6 is 0 Å². The quantitative estimate of drug-likeness (QED) is 0.630. The molecule has 3 unspecified atom stereocenters. The van der Waals surface area contributed by atoms with Crippen molar-refractivity contribution in [2.45, 2.75) is 50.9 Å². The van der Waals surface area contributed by atoms with Gasteiger partial charge in [0.25, 0.3) is 5.91 Å². The number of nitrogens with one attached hydrogen (secondary N) is 1. The number of ether oxygens (including phenoxy) is 2. The molecule has 2 aliphatic carbocycles. The van der Waals surface area contributed by atoms with Crippen molar-refractivity contribution < 1.29 is 19.1 Å². The van der Waals surface area contributed by atoms with Gasteiger partial charge in [-0.2, -0.15) is 15.4 Å². The molecule has 0 radical (unpaired) electrons. The Balaban J connectivity index is 0.980. The van der Waals surface area contributed by atoms with E-state index in [1.807, 2.05) is 15.9 Å². The van der Waals surface area contributed by atoms with E-state index in [9.17, 15) is 9.59 Å². The van der Waals surface area contributed by atoms with Gasteiger partial charge in [-0.1, -0.05) is 0 Å². The summed E-state index contributed by atoms with van der Waals surface area (Å²) in [5.74, 6) is 2.93. The summed E-state index contributed by atoms with van der Waals surface area (Å²) >= 11 is 0. The number of nitrogens with zero attached hydrogens (tertiary/aromatic N) is 4. The van der Waals surface area contributed by atoms with Crippen LogP contribution < -0.4 is 4.74 Å². The van der Waals surface area contributed by atoms with Crippen molar-refractivity contribution in [2.75, 3.05) is 46.0 Å². The van der Waals surface area contributed by atoms with Gasteiger partial charge in [-0.05, 0) is 74.1 Å². The maximum Gasteiger partial charge on any atom is 0.254 e. The Kier molecular flexibility index (Phi) is 6.34. The zero-order chi connectivity index (χ0) is 25.6. The first-order valence-electron chi connectivity index (χ1n) is 14.4. The van der Waals surface area contributed by atoms with E-state index in [4.69, 9.17) is 9.47 Å². The fourth-order valence-electron chi connectivity index (χ4n) is 6.88. The van der Waals surface area contributed by atoms with Crippen molar-refractivity contribution in [1.29, 1.82) is 0 Å². The number of carbonyl (C=O) groups excluding carboxylic acids is 2. The van der Waals surface area contributed by atoms with Crippen molar-refractivity contribution in [3.63, 3.8) is 0 Å². The van der Waals surface area contributed by atoms with Gasteiger partial charge in [0.15, 0.2) is 0 Å². The van der Waals surface area contributed by atoms with E-state index in [0.717, 1.165) is 87.8 Å². The molecule has 7 rings (SSSR count). The van der Waals surface area contributed by atoms with E-state index in [2.05, 4.69) is 27.5 Å². The molecule has 0 bridgehead atoms. The monoisotopic (exact) mass is 519 g/mol. The van der Waals surface area contributed by atoms with Gasteiger partial charge in [-0.25, -0.2) is 0 Å². The summed E-state index contributed by atoms with van der Waals surface area (Å²) in [5.41, 5.74) is 3.92. The molecule has 3 aliphatic heterocycles. The molecular weight excluding hydrogens is 482 g/mol. The second-order valence-electron chi connectivity index (χ2n) is 12.1. The van der Waals surface area contributed by atoms with Crippen LogP contribution in [0.15, 0.2) is 18.2 Å². The number of likely N-dealkylation sites (tertiary alicyclic amines) is 2. The van der Waals surface area contributed by atoms with Crippen LogP contribution in [0.25, 0.3) is 0 Å². The van der Waals surface area contributed by atoms with Crippen LogP contribution in [0.3, 0.4) is 0 Å². The fourth-order valence-corrected chi connectivity index (χ4v) is 6.88. The normalized spacial score (nSPS) is 27.3. The number of hydrogen-bond donors (Lipinski definition) is 1. The molecule has 5 aliphatic rings. The van der Waals surface area contributed by atoms with Gasteiger partial charge in [0.2, 0.25) is 5.91 Å². The first-order valence-corrected chi connectivity index (χ1v) is 14.4. The van der Waals surface area contributed by atoms with Crippen LogP contribution in [0, 0.1) is 23.7 Å². The highest BCUT2D eigenvalue weighted by Gasteiger charge is 2.44. The van der Waals surface area contributed by atoms with E-state index < -0.39 is 0 Å². The highest BCUT2D eigenvalue weighted by atomic mass is 16.5. The Morgan fingerprint density at radius 3 is 2.42 bits per heavy atom. The summed E-state index contributed by atoms with van der Waals surface area (Å²) in [6, 6.07) is 6.18. The lowest BCUT2D eigenvalue weighted by molar-refractivity contribution is -0.135. The molecule has 2 amide bonds. The molecule has 4 fully saturated rings. The maximum absolute atomic E-state index is 13.6. The second-order valence-corrected chi connectivity index (χ2v) is 12.1. The first-order chi connectivity index (χ1) is 18.6. The summed E-state index contributed by atoms with van der Waals surface area (Å²) in [5, 5.41) is 11.1. The first kappa shape index (κ1) is 24.1. The van der Waals surface area contributed by atoms with Crippen molar-refractivity contribution in [3.05, 3.63) is 40.7 Å². The van der Waals surface area contributed by atoms with E-state index in [1.54, 1.807) is 0 Å². The molecule has 202 valence electrons.